The number of hydrogen-bond donors (Lipinski definition) is 0. The van der Waals surface area contributed by atoms with Crippen LogP contribution in [-0.4, -0.2) is 4.98 Å². The Labute approximate surface area is 105 Å². The Morgan fingerprint density at radius 1 is 1.40 bits per heavy atom. The Hall–Kier alpha value is -0.580. The van der Waals surface area contributed by atoms with Crippen LogP contribution in [0.4, 0.5) is 0 Å². The van der Waals surface area contributed by atoms with Crippen LogP contribution < -0.4 is 4.74 Å². The maximum absolute atomic E-state index is 5.94. The van der Waals surface area contributed by atoms with E-state index in [2.05, 4.69) is 20.9 Å². The highest BCUT2D eigenvalue weighted by Crippen LogP contribution is 2.25. The molecule has 0 aliphatic rings. The molecule has 0 spiro atoms. The molecule has 0 radical (unpaired) electrons. The van der Waals surface area contributed by atoms with E-state index in [9.17, 15) is 0 Å². The van der Waals surface area contributed by atoms with Gasteiger partial charge in [-0.2, -0.15) is 0 Å². The van der Waals surface area contributed by atoms with Crippen molar-refractivity contribution in [3.63, 3.8) is 0 Å². The van der Waals surface area contributed by atoms with Crippen LogP contribution in [-0.2, 0) is 6.61 Å². The lowest BCUT2D eigenvalue weighted by Gasteiger charge is -2.04. The number of halogens is 2. The van der Waals surface area contributed by atoms with Gasteiger partial charge in [0.25, 0.3) is 0 Å². The van der Waals surface area contributed by atoms with E-state index in [0.29, 0.717) is 17.4 Å². The summed E-state index contributed by atoms with van der Waals surface area (Å²) in [7, 11) is 0. The van der Waals surface area contributed by atoms with Crippen LogP contribution in [0.5, 0.6) is 5.75 Å². The number of para-hydroxylation sites is 1. The molecule has 0 fully saturated rings. The molecule has 0 unspecified atom stereocenters. The predicted octanol–water partition coefficient (Wildman–Crippen LogP) is 4.14. The van der Waals surface area contributed by atoms with Crippen molar-refractivity contribution in [3.8, 4) is 5.75 Å². The molecule has 2 nitrogen and oxygen atoms in total. The molecule has 2 rings (SSSR count). The first-order valence-corrected chi connectivity index (χ1v) is 6.22. The molecule has 78 valence electrons. The Morgan fingerprint density at radius 3 is 2.87 bits per heavy atom. The zero-order valence-corrected chi connectivity index (χ0v) is 10.8. The topological polar surface area (TPSA) is 22.1 Å². The molecule has 0 saturated heterocycles. The van der Waals surface area contributed by atoms with Crippen molar-refractivity contribution in [2.45, 2.75) is 6.61 Å². The third-order valence-electron chi connectivity index (χ3n) is 1.71. The minimum atomic E-state index is 0.444. The summed E-state index contributed by atoms with van der Waals surface area (Å²) in [5.74, 6) is 0.686. The van der Waals surface area contributed by atoms with Crippen LogP contribution in [0.1, 0.15) is 5.01 Å². The summed E-state index contributed by atoms with van der Waals surface area (Å²) in [6.07, 6.45) is 1.76. The maximum atomic E-state index is 5.94. The van der Waals surface area contributed by atoms with Crippen molar-refractivity contribution in [2.24, 2.45) is 0 Å². The molecule has 1 aromatic carbocycles. The van der Waals surface area contributed by atoms with Gasteiger partial charge in [-0.15, -0.1) is 11.3 Å². The van der Waals surface area contributed by atoms with Gasteiger partial charge in [-0.3, -0.25) is 0 Å². The molecular formula is C10H7BrClNOS. The molecule has 0 aliphatic heterocycles. The molecule has 0 atom stereocenters. The van der Waals surface area contributed by atoms with E-state index in [1.54, 1.807) is 23.6 Å². The molecule has 0 aliphatic carbocycles. The molecule has 0 N–H and O–H groups in total. The first kappa shape index (κ1) is 10.9. The molecule has 15 heavy (non-hydrogen) atoms. The lowest BCUT2D eigenvalue weighted by Crippen LogP contribution is -1.94. The second-order valence-electron chi connectivity index (χ2n) is 2.78. The predicted molar refractivity (Wildman–Crippen MR) is 65.6 cm³/mol. The molecule has 0 amide bonds. The van der Waals surface area contributed by atoms with Crippen molar-refractivity contribution in [2.75, 3.05) is 0 Å². The second kappa shape index (κ2) is 4.96. The van der Waals surface area contributed by atoms with Gasteiger partial charge in [0.15, 0.2) is 0 Å². The van der Waals surface area contributed by atoms with Crippen LogP contribution >= 0.6 is 38.9 Å². The zero-order valence-electron chi connectivity index (χ0n) is 7.61. The number of aromatic nitrogens is 1. The van der Waals surface area contributed by atoms with Crippen molar-refractivity contribution >= 4 is 38.9 Å². The molecule has 0 saturated carbocycles. The van der Waals surface area contributed by atoms with Gasteiger partial charge in [0.05, 0.1) is 15.0 Å². The van der Waals surface area contributed by atoms with E-state index in [0.717, 1.165) is 8.79 Å². The van der Waals surface area contributed by atoms with Gasteiger partial charge in [0.1, 0.15) is 17.4 Å². The number of benzene rings is 1. The SMILES string of the molecule is Clc1ccccc1OCc1ncc(Br)s1. The molecule has 2 aromatic rings. The van der Waals surface area contributed by atoms with E-state index in [1.165, 1.54) is 0 Å². The summed E-state index contributed by atoms with van der Waals surface area (Å²) < 4.78 is 6.53. The molecule has 1 heterocycles. The van der Waals surface area contributed by atoms with E-state index in [4.69, 9.17) is 16.3 Å². The normalized spacial score (nSPS) is 10.3. The van der Waals surface area contributed by atoms with Gasteiger partial charge in [-0.05, 0) is 28.1 Å². The van der Waals surface area contributed by atoms with E-state index < -0.39 is 0 Å². The zero-order chi connectivity index (χ0) is 10.7. The average Bonchev–Trinajstić information content (AvgIpc) is 2.63. The Balaban J connectivity index is 2.02. The van der Waals surface area contributed by atoms with Crippen LogP contribution in [0.25, 0.3) is 0 Å². The maximum Gasteiger partial charge on any atom is 0.140 e. The highest BCUT2D eigenvalue weighted by atomic mass is 79.9. The highest BCUT2D eigenvalue weighted by molar-refractivity contribution is 9.11. The summed E-state index contributed by atoms with van der Waals surface area (Å²) in [6, 6.07) is 7.40. The van der Waals surface area contributed by atoms with Crippen LogP contribution in [0.15, 0.2) is 34.2 Å². The number of nitrogens with zero attached hydrogens (tertiary/aromatic N) is 1. The number of thiazole rings is 1. The summed E-state index contributed by atoms with van der Waals surface area (Å²) in [4.78, 5) is 4.16. The summed E-state index contributed by atoms with van der Waals surface area (Å²) in [5.41, 5.74) is 0. The van der Waals surface area contributed by atoms with E-state index >= 15 is 0 Å². The standard InChI is InChI=1S/C10H7BrClNOS/c11-9-5-13-10(15-9)6-14-8-4-2-1-3-7(8)12/h1-5H,6H2. The fraction of sp³-hybridized carbons (Fsp3) is 0.100. The first-order chi connectivity index (χ1) is 7.25. The van der Waals surface area contributed by atoms with Gasteiger partial charge in [-0.25, -0.2) is 4.98 Å². The molecule has 5 heteroatoms. The second-order valence-corrected chi connectivity index (χ2v) is 5.68. The van der Waals surface area contributed by atoms with Crippen molar-refractivity contribution < 1.29 is 4.74 Å². The number of rotatable bonds is 3. The smallest absolute Gasteiger partial charge is 0.140 e. The van der Waals surface area contributed by atoms with Crippen LogP contribution in [0, 0.1) is 0 Å². The van der Waals surface area contributed by atoms with Gasteiger partial charge in [0.2, 0.25) is 0 Å². The fourth-order valence-corrected chi connectivity index (χ4v) is 2.46. The molecular weight excluding hydrogens is 298 g/mol. The van der Waals surface area contributed by atoms with Crippen molar-refractivity contribution in [3.05, 3.63) is 44.3 Å². The third-order valence-corrected chi connectivity index (χ3v) is 3.48. The third kappa shape index (κ3) is 2.93. The molecule has 0 bridgehead atoms. The Bertz CT molecular complexity index is 460. The highest BCUT2D eigenvalue weighted by Gasteiger charge is 2.03. The van der Waals surface area contributed by atoms with E-state index in [-0.39, 0.29) is 0 Å². The minimum Gasteiger partial charge on any atom is -0.485 e. The van der Waals surface area contributed by atoms with Gasteiger partial charge in [-0.1, -0.05) is 23.7 Å². The quantitative estimate of drug-likeness (QED) is 0.850. The van der Waals surface area contributed by atoms with Crippen molar-refractivity contribution in [1.82, 2.24) is 4.98 Å². The lowest BCUT2D eigenvalue weighted by atomic mass is 10.3. The first-order valence-electron chi connectivity index (χ1n) is 4.23. The monoisotopic (exact) mass is 303 g/mol. The summed E-state index contributed by atoms with van der Waals surface area (Å²) in [5, 5.41) is 1.54. The lowest BCUT2D eigenvalue weighted by molar-refractivity contribution is 0.306. The van der Waals surface area contributed by atoms with Crippen LogP contribution in [0.2, 0.25) is 5.02 Å². The minimum absolute atomic E-state index is 0.444. The number of hydrogen-bond acceptors (Lipinski definition) is 3. The fourth-order valence-electron chi connectivity index (χ4n) is 1.06. The average molecular weight is 305 g/mol. The summed E-state index contributed by atoms with van der Waals surface area (Å²) >= 11 is 10.8. The van der Waals surface area contributed by atoms with Crippen molar-refractivity contribution in [1.29, 1.82) is 0 Å². The van der Waals surface area contributed by atoms with Gasteiger partial charge < -0.3 is 4.74 Å². The Kier molecular flexibility index (Phi) is 3.61. The van der Waals surface area contributed by atoms with Gasteiger partial charge >= 0.3 is 0 Å². The van der Waals surface area contributed by atoms with E-state index in [1.807, 2.05) is 18.2 Å². The Morgan fingerprint density at radius 2 is 2.20 bits per heavy atom. The number of ether oxygens (including phenoxy) is 1. The van der Waals surface area contributed by atoms with Crippen LogP contribution in [0.3, 0.4) is 0 Å². The summed E-state index contributed by atoms with van der Waals surface area (Å²) in [6.45, 7) is 0.444. The largest absolute Gasteiger partial charge is 0.485 e. The molecule has 1 aromatic heterocycles. The van der Waals surface area contributed by atoms with Gasteiger partial charge in [0, 0.05) is 0 Å².